The number of alkyl halides is 3. The number of hydrogen-bond acceptors (Lipinski definition) is 2. The van der Waals surface area contributed by atoms with Gasteiger partial charge in [-0.05, 0) is 19.1 Å². The summed E-state index contributed by atoms with van der Waals surface area (Å²) in [6.45, 7) is 1.40. The van der Waals surface area contributed by atoms with Crippen molar-refractivity contribution in [3.05, 3.63) is 56.0 Å². The molecular weight excluding hydrogens is 343 g/mol. The molecule has 0 bridgehead atoms. The lowest BCUT2D eigenvalue weighted by Crippen LogP contribution is -2.15. The molecule has 0 radical (unpaired) electrons. The maximum Gasteiger partial charge on any atom is 0.419 e. The van der Waals surface area contributed by atoms with Gasteiger partial charge in [-0.3, -0.25) is 4.79 Å². The van der Waals surface area contributed by atoms with Crippen LogP contribution in [0, 0.1) is 29.9 Å². The summed E-state index contributed by atoms with van der Waals surface area (Å²) in [6.07, 6.45) is -5.14. The lowest BCUT2D eigenvalue weighted by atomic mass is 9.98. The van der Waals surface area contributed by atoms with Crippen molar-refractivity contribution in [1.29, 1.82) is 5.26 Å². The first-order chi connectivity index (χ1) is 10.6. The summed E-state index contributed by atoms with van der Waals surface area (Å²) in [4.78, 5) is 14.0. The van der Waals surface area contributed by atoms with Gasteiger partial charge in [-0.15, -0.1) is 0 Å². The van der Waals surface area contributed by atoms with Crippen LogP contribution >= 0.6 is 11.6 Å². The number of hydrogen-bond donors (Lipinski definition) is 1. The second-order valence-corrected chi connectivity index (χ2v) is 5.00. The van der Waals surface area contributed by atoms with E-state index in [1.54, 1.807) is 0 Å². The quantitative estimate of drug-likeness (QED) is 0.621. The smallest absolute Gasteiger partial charge is 0.325 e. The Hall–Kier alpha value is -2.40. The predicted octanol–water partition coefficient (Wildman–Crippen LogP) is 4.17. The molecule has 0 fully saturated rings. The van der Waals surface area contributed by atoms with E-state index in [4.69, 9.17) is 16.9 Å². The maximum absolute atomic E-state index is 14.1. The average Bonchev–Trinajstić information content (AvgIpc) is 2.41. The van der Waals surface area contributed by atoms with Crippen LogP contribution in [0.1, 0.15) is 16.8 Å². The molecule has 9 heteroatoms. The summed E-state index contributed by atoms with van der Waals surface area (Å²) in [5.74, 6) is -4.04. The van der Waals surface area contributed by atoms with Gasteiger partial charge in [-0.2, -0.15) is 18.4 Å². The second-order valence-electron chi connectivity index (χ2n) is 4.59. The molecule has 0 spiro atoms. The largest absolute Gasteiger partial charge is 0.419 e. The number of nitriles is 1. The van der Waals surface area contributed by atoms with Crippen LogP contribution in [0.2, 0.25) is 5.02 Å². The third kappa shape index (κ3) is 2.92. The minimum absolute atomic E-state index is 0.194. The van der Waals surface area contributed by atoms with Gasteiger partial charge in [0.05, 0.1) is 10.6 Å². The van der Waals surface area contributed by atoms with E-state index in [2.05, 4.69) is 4.98 Å². The summed E-state index contributed by atoms with van der Waals surface area (Å²) in [6, 6.07) is 2.83. The van der Waals surface area contributed by atoms with Crippen LogP contribution in [-0.2, 0) is 6.18 Å². The predicted molar refractivity (Wildman–Crippen MR) is 71.9 cm³/mol. The van der Waals surface area contributed by atoms with E-state index in [0.29, 0.717) is 0 Å². The number of aromatic amines is 1. The van der Waals surface area contributed by atoms with Gasteiger partial charge in [-0.25, -0.2) is 8.78 Å². The molecule has 0 atom stereocenters. The number of halogens is 6. The maximum atomic E-state index is 14.1. The zero-order valence-electron chi connectivity index (χ0n) is 11.3. The number of aryl methyl sites for hydroxylation is 1. The fourth-order valence-corrected chi connectivity index (χ4v) is 2.34. The minimum atomic E-state index is -5.14. The molecule has 1 N–H and O–H groups in total. The Bertz CT molecular complexity index is 896. The zero-order chi connectivity index (χ0) is 17.5. The van der Waals surface area contributed by atoms with Gasteiger partial charge in [0.25, 0.3) is 5.56 Å². The molecule has 0 saturated heterocycles. The molecule has 2 rings (SSSR count). The van der Waals surface area contributed by atoms with Crippen LogP contribution in [0.25, 0.3) is 11.1 Å². The Balaban J connectivity index is 2.90. The van der Waals surface area contributed by atoms with Crippen LogP contribution in [0.4, 0.5) is 22.0 Å². The number of rotatable bonds is 1. The third-order valence-electron chi connectivity index (χ3n) is 3.01. The van der Waals surface area contributed by atoms with Crippen molar-refractivity contribution < 1.29 is 22.0 Å². The van der Waals surface area contributed by atoms with Gasteiger partial charge >= 0.3 is 6.18 Å². The van der Waals surface area contributed by atoms with Crippen molar-refractivity contribution in [2.45, 2.75) is 13.1 Å². The van der Waals surface area contributed by atoms with Crippen molar-refractivity contribution in [3.8, 4) is 17.2 Å². The van der Waals surface area contributed by atoms with Crippen LogP contribution in [0.15, 0.2) is 16.9 Å². The first-order valence-corrected chi connectivity index (χ1v) is 6.34. The van der Waals surface area contributed by atoms with Crippen molar-refractivity contribution in [3.63, 3.8) is 0 Å². The molecule has 0 amide bonds. The topological polar surface area (TPSA) is 56.6 Å². The molecule has 1 aromatic heterocycles. The number of nitrogens with zero attached hydrogens (tertiary/aromatic N) is 1. The normalized spacial score (nSPS) is 11.4. The van der Waals surface area contributed by atoms with Crippen LogP contribution in [0.5, 0.6) is 0 Å². The van der Waals surface area contributed by atoms with Gasteiger partial charge < -0.3 is 4.98 Å². The van der Waals surface area contributed by atoms with Crippen LogP contribution in [0.3, 0.4) is 0 Å². The van der Waals surface area contributed by atoms with E-state index >= 15 is 0 Å². The summed E-state index contributed by atoms with van der Waals surface area (Å²) in [7, 11) is 0. The number of pyridine rings is 1. The molecular formula is C14H6ClF5N2O. The Morgan fingerprint density at radius 2 is 1.83 bits per heavy atom. The molecule has 3 nitrogen and oxygen atoms in total. The molecule has 0 saturated carbocycles. The Labute approximate surface area is 130 Å². The number of H-pyrrole nitrogens is 1. The molecule has 1 heterocycles. The van der Waals surface area contributed by atoms with Gasteiger partial charge in [0.1, 0.15) is 11.6 Å². The SMILES string of the molecule is Cc1cc(-c2c(Cl)cc(C(F)(F)F)c(F)c2F)c(C#N)c(=O)[nH]1. The van der Waals surface area contributed by atoms with Crippen LogP contribution in [-0.4, -0.2) is 4.98 Å². The average molecular weight is 349 g/mol. The Morgan fingerprint density at radius 1 is 1.22 bits per heavy atom. The van der Waals surface area contributed by atoms with E-state index in [0.717, 1.165) is 6.07 Å². The molecule has 120 valence electrons. The molecule has 0 aliphatic carbocycles. The van der Waals surface area contributed by atoms with Gasteiger partial charge in [0.15, 0.2) is 11.6 Å². The van der Waals surface area contributed by atoms with Crippen molar-refractivity contribution in [2.75, 3.05) is 0 Å². The van der Waals surface area contributed by atoms with E-state index < -0.39 is 45.1 Å². The second kappa shape index (κ2) is 5.66. The van der Waals surface area contributed by atoms with Gasteiger partial charge in [0.2, 0.25) is 0 Å². The van der Waals surface area contributed by atoms with Gasteiger partial charge in [0, 0.05) is 16.8 Å². The molecule has 0 aliphatic rings. The highest BCUT2D eigenvalue weighted by atomic mass is 35.5. The lowest BCUT2D eigenvalue weighted by Gasteiger charge is -2.14. The number of aromatic nitrogens is 1. The standard InChI is InChI=1S/C14H6ClF5N2O/c1-5-2-6(7(4-21)13(23)22-5)10-9(15)3-8(14(18,19)20)11(16)12(10)17/h2-3H,1H3,(H,22,23). The molecule has 1 aromatic carbocycles. The van der Waals surface area contributed by atoms with Crippen molar-refractivity contribution in [2.24, 2.45) is 0 Å². The highest BCUT2D eigenvalue weighted by Gasteiger charge is 2.37. The lowest BCUT2D eigenvalue weighted by molar-refractivity contribution is -0.140. The fraction of sp³-hybridized carbons (Fsp3) is 0.143. The summed E-state index contributed by atoms with van der Waals surface area (Å²) < 4.78 is 65.8. The van der Waals surface area contributed by atoms with Crippen LogP contribution < -0.4 is 5.56 Å². The van der Waals surface area contributed by atoms with Crippen molar-refractivity contribution >= 4 is 11.6 Å². The first-order valence-electron chi connectivity index (χ1n) is 5.97. The summed E-state index contributed by atoms with van der Waals surface area (Å²) in [5, 5.41) is 8.21. The molecule has 0 unspecified atom stereocenters. The third-order valence-corrected chi connectivity index (χ3v) is 3.31. The highest BCUT2D eigenvalue weighted by Crippen LogP contribution is 2.40. The number of benzene rings is 1. The number of nitrogens with one attached hydrogen (secondary N) is 1. The molecule has 23 heavy (non-hydrogen) atoms. The first kappa shape index (κ1) is 17.0. The van der Waals surface area contributed by atoms with E-state index in [9.17, 15) is 26.7 Å². The van der Waals surface area contributed by atoms with E-state index in [1.807, 2.05) is 0 Å². The molecule has 0 aliphatic heterocycles. The van der Waals surface area contributed by atoms with Gasteiger partial charge in [-0.1, -0.05) is 11.6 Å². The minimum Gasteiger partial charge on any atom is -0.325 e. The van der Waals surface area contributed by atoms with E-state index in [-0.39, 0.29) is 17.3 Å². The monoisotopic (exact) mass is 348 g/mol. The highest BCUT2D eigenvalue weighted by molar-refractivity contribution is 6.33. The fourth-order valence-electron chi connectivity index (χ4n) is 2.05. The van der Waals surface area contributed by atoms with E-state index in [1.165, 1.54) is 13.0 Å². The summed E-state index contributed by atoms with van der Waals surface area (Å²) in [5.41, 5.74) is -4.32. The van der Waals surface area contributed by atoms with Crippen molar-refractivity contribution in [1.82, 2.24) is 4.98 Å². The zero-order valence-corrected chi connectivity index (χ0v) is 12.0. The Kier molecular flexibility index (Phi) is 4.18. The summed E-state index contributed by atoms with van der Waals surface area (Å²) >= 11 is 5.65. The molecule has 2 aromatic rings. The Morgan fingerprint density at radius 3 is 2.35 bits per heavy atom.